The topological polar surface area (TPSA) is 9.23 Å². The molecule has 1 nitrogen and oxygen atoms in total. The third kappa shape index (κ3) is 4.55. The predicted molar refractivity (Wildman–Crippen MR) is 117 cm³/mol. The van der Waals surface area contributed by atoms with Crippen LogP contribution in [0.4, 0.5) is 0 Å². The molecule has 140 valence electrons. The molecule has 2 aromatic carbocycles. The van der Waals surface area contributed by atoms with E-state index in [0.717, 1.165) is 13.0 Å². The fourth-order valence-electron chi connectivity index (χ4n) is 3.76. The first-order valence-corrected chi connectivity index (χ1v) is 11.6. The first-order valence-electron chi connectivity index (χ1n) is 9.68. The molecule has 0 aliphatic carbocycles. The largest absolute Gasteiger partial charge is 0.407 e. The molecule has 1 unspecified atom stereocenters. The number of rotatable bonds is 7. The van der Waals surface area contributed by atoms with Gasteiger partial charge in [0.1, 0.15) is 0 Å². The van der Waals surface area contributed by atoms with E-state index in [0.29, 0.717) is 5.92 Å². The van der Waals surface area contributed by atoms with Crippen LogP contribution in [0, 0.1) is 5.92 Å². The van der Waals surface area contributed by atoms with Crippen LogP contribution in [0.25, 0.3) is 0 Å². The van der Waals surface area contributed by atoms with Crippen LogP contribution in [0.3, 0.4) is 0 Å². The van der Waals surface area contributed by atoms with Gasteiger partial charge in [0.2, 0.25) is 0 Å². The van der Waals surface area contributed by atoms with Crippen molar-refractivity contribution in [1.82, 2.24) is 0 Å². The highest BCUT2D eigenvalue weighted by Gasteiger charge is 2.50. The highest BCUT2D eigenvalue weighted by atomic mass is 28.4. The van der Waals surface area contributed by atoms with Crippen molar-refractivity contribution in [3.8, 4) is 0 Å². The lowest BCUT2D eigenvalue weighted by atomic mass is 10.0. The maximum Gasteiger partial charge on any atom is 0.261 e. The molecule has 2 heteroatoms. The van der Waals surface area contributed by atoms with E-state index in [4.69, 9.17) is 4.43 Å². The van der Waals surface area contributed by atoms with Crippen LogP contribution in [0.5, 0.6) is 0 Å². The Morgan fingerprint density at radius 3 is 1.81 bits per heavy atom. The Balaban J connectivity index is 2.47. The summed E-state index contributed by atoms with van der Waals surface area (Å²) < 4.78 is 6.99. The van der Waals surface area contributed by atoms with Gasteiger partial charge in [0.25, 0.3) is 8.32 Å². The van der Waals surface area contributed by atoms with E-state index >= 15 is 0 Å². The van der Waals surface area contributed by atoms with E-state index in [1.54, 1.807) is 0 Å². The van der Waals surface area contributed by atoms with Crippen molar-refractivity contribution in [2.45, 2.75) is 53.0 Å². The van der Waals surface area contributed by atoms with Gasteiger partial charge >= 0.3 is 0 Å². The smallest absolute Gasteiger partial charge is 0.261 e. The fraction of sp³-hybridized carbons (Fsp3) is 0.417. The summed E-state index contributed by atoms with van der Waals surface area (Å²) in [5.74, 6) is 0.507. The van der Waals surface area contributed by atoms with Crippen LogP contribution < -0.4 is 10.4 Å². The van der Waals surface area contributed by atoms with Crippen molar-refractivity contribution in [2.24, 2.45) is 5.92 Å². The van der Waals surface area contributed by atoms with Gasteiger partial charge in [-0.1, -0.05) is 100 Å². The summed E-state index contributed by atoms with van der Waals surface area (Å²) >= 11 is 0. The number of benzene rings is 2. The summed E-state index contributed by atoms with van der Waals surface area (Å²) in [5.41, 5.74) is 1.43. The quantitative estimate of drug-likeness (QED) is 0.461. The highest BCUT2D eigenvalue weighted by molar-refractivity contribution is 6.99. The molecular formula is C24H34OSi. The molecular weight excluding hydrogens is 332 g/mol. The molecule has 0 radical (unpaired) electrons. The third-order valence-electron chi connectivity index (χ3n) is 5.16. The van der Waals surface area contributed by atoms with Gasteiger partial charge < -0.3 is 4.43 Å². The minimum absolute atomic E-state index is 0.0467. The van der Waals surface area contributed by atoms with Crippen LogP contribution >= 0.6 is 0 Å². The second kappa shape index (κ2) is 8.83. The maximum absolute atomic E-state index is 6.99. The summed E-state index contributed by atoms with van der Waals surface area (Å²) in [6, 6.07) is 21.8. The van der Waals surface area contributed by atoms with Gasteiger partial charge in [-0.3, -0.25) is 0 Å². The zero-order valence-corrected chi connectivity index (χ0v) is 18.3. The SMILES string of the molecule is C/C=C(\C)CC(C)CO[Si](c1ccccc1)(c1ccccc1)C(C)(C)C. The molecule has 0 saturated carbocycles. The van der Waals surface area contributed by atoms with Gasteiger partial charge in [-0.15, -0.1) is 0 Å². The molecule has 1 atom stereocenters. The van der Waals surface area contributed by atoms with Crippen LogP contribution in [-0.2, 0) is 4.43 Å². The molecule has 0 amide bonds. The molecule has 2 aromatic rings. The Labute approximate surface area is 161 Å². The zero-order valence-electron chi connectivity index (χ0n) is 17.3. The van der Waals surface area contributed by atoms with Crippen LogP contribution in [0.2, 0.25) is 5.04 Å². The molecule has 0 aromatic heterocycles. The van der Waals surface area contributed by atoms with Crippen LogP contribution in [0.1, 0.15) is 48.0 Å². The third-order valence-corrected chi connectivity index (χ3v) is 10.2. The number of allylic oxidation sites excluding steroid dienone is 2. The summed E-state index contributed by atoms with van der Waals surface area (Å²) in [6.45, 7) is 14.4. The average molecular weight is 367 g/mol. The number of hydrogen-bond acceptors (Lipinski definition) is 1. The highest BCUT2D eigenvalue weighted by Crippen LogP contribution is 2.37. The molecule has 26 heavy (non-hydrogen) atoms. The zero-order chi connectivity index (χ0) is 19.2. The second-order valence-corrected chi connectivity index (χ2v) is 12.7. The van der Waals surface area contributed by atoms with E-state index < -0.39 is 8.32 Å². The van der Waals surface area contributed by atoms with Gasteiger partial charge in [0.15, 0.2) is 0 Å². The lowest BCUT2D eigenvalue weighted by Crippen LogP contribution is -2.66. The normalized spacial score (nSPS) is 14.3. The molecule has 2 rings (SSSR count). The first-order chi connectivity index (χ1) is 12.3. The Morgan fingerprint density at radius 2 is 1.42 bits per heavy atom. The van der Waals surface area contributed by atoms with E-state index in [1.165, 1.54) is 15.9 Å². The van der Waals surface area contributed by atoms with Gasteiger partial charge in [0.05, 0.1) is 0 Å². The van der Waals surface area contributed by atoms with Crippen molar-refractivity contribution in [1.29, 1.82) is 0 Å². The molecule has 0 heterocycles. The Hall–Kier alpha value is -1.64. The van der Waals surface area contributed by atoms with E-state index in [-0.39, 0.29) is 5.04 Å². The molecule has 0 spiro atoms. The Bertz CT molecular complexity index is 658. The minimum Gasteiger partial charge on any atom is -0.407 e. The standard InChI is InChI=1S/C24H34OSi/c1-7-20(2)18-21(3)19-25-26(24(4,5)6,22-14-10-8-11-15-22)23-16-12-9-13-17-23/h7-17,21H,18-19H2,1-6H3/b20-7+. The second-order valence-electron chi connectivity index (χ2n) is 8.42. The van der Waals surface area contributed by atoms with E-state index in [2.05, 4.69) is 108 Å². The minimum atomic E-state index is -2.39. The predicted octanol–water partition coefficient (Wildman–Crippen LogP) is 5.56. The summed E-state index contributed by atoms with van der Waals surface area (Å²) in [7, 11) is -2.39. The van der Waals surface area contributed by atoms with E-state index in [1.807, 2.05) is 0 Å². The lowest BCUT2D eigenvalue weighted by Gasteiger charge is -2.43. The van der Waals surface area contributed by atoms with Crippen molar-refractivity contribution in [2.75, 3.05) is 6.61 Å². The van der Waals surface area contributed by atoms with Gasteiger partial charge in [-0.2, -0.15) is 0 Å². The van der Waals surface area contributed by atoms with Crippen molar-refractivity contribution < 1.29 is 4.43 Å². The van der Waals surface area contributed by atoms with Gasteiger partial charge in [0, 0.05) is 6.61 Å². The maximum atomic E-state index is 6.99. The monoisotopic (exact) mass is 366 g/mol. The van der Waals surface area contributed by atoms with Gasteiger partial charge in [-0.05, 0) is 41.6 Å². The molecule has 0 N–H and O–H groups in total. The van der Waals surface area contributed by atoms with Crippen molar-refractivity contribution in [3.05, 3.63) is 72.3 Å². The average Bonchev–Trinajstić information content (AvgIpc) is 2.62. The summed E-state index contributed by atoms with van der Waals surface area (Å²) in [5, 5.41) is 2.76. The number of hydrogen-bond donors (Lipinski definition) is 0. The van der Waals surface area contributed by atoms with Crippen LogP contribution in [-0.4, -0.2) is 14.9 Å². The molecule has 0 saturated heterocycles. The van der Waals surface area contributed by atoms with Crippen LogP contribution in [0.15, 0.2) is 72.3 Å². The molecule has 0 fully saturated rings. The van der Waals surface area contributed by atoms with Crippen molar-refractivity contribution >= 4 is 18.7 Å². The van der Waals surface area contributed by atoms with Crippen molar-refractivity contribution in [3.63, 3.8) is 0 Å². The Kier molecular flexibility index (Phi) is 7.02. The molecule has 0 bridgehead atoms. The summed E-state index contributed by atoms with van der Waals surface area (Å²) in [6.07, 6.45) is 3.30. The lowest BCUT2D eigenvalue weighted by molar-refractivity contribution is 0.244. The fourth-order valence-corrected chi connectivity index (χ4v) is 8.45. The summed E-state index contributed by atoms with van der Waals surface area (Å²) in [4.78, 5) is 0. The molecule has 0 aliphatic heterocycles. The molecule has 0 aliphatic rings. The first kappa shape index (κ1) is 20.7. The Morgan fingerprint density at radius 1 is 0.962 bits per heavy atom. The van der Waals surface area contributed by atoms with Gasteiger partial charge in [-0.25, -0.2) is 0 Å². The van der Waals surface area contributed by atoms with E-state index in [9.17, 15) is 0 Å².